The molecule has 1 aromatic rings. The zero-order valence-corrected chi connectivity index (χ0v) is 14.8. The number of nitrogens with one attached hydrogen (secondary N) is 1. The fourth-order valence-electron chi connectivity index (χ4n) is 3.13. The van der Waals surface area contributed by atoms with Crippen LogP contribution >= 0.6 is 23.7 Å². The Morgan fingerprint density at radius 2 is 2.12 bits per heavy atom. The van der Waals surface area contributed by atoms with Gasteiger partial charge in [-0.05, 0) is 18.9 Å². The first-order chi connectivity index (χ1) is 11.1. The second-order valence-corrected chi connectivity index (χ2v) is 6.79. The standard InChI is InChI=1S/C15H20N4O3S.ClH/c16-14(21)10-6-12(23-9-10)15(22)18-4-1-2-11(8-18)19-5-3-17-7-13(19)20;/h6,9,11,17H,1-5,7-8H2,(H2,16,21);1H. The number of thiophene rings is 1. The summed E-state index contributed by atoms with van der Waals surface area (Å²) in [5.74, 6) is -0.513. The Morgan fingerprint density at radius 1 is 1.33 bits per heavy atom. The molecule has 0 spiro atoms. The van der Waals surface area contributed by atoms with E-state index >= 15 is 0 Å². The van der Waals surface area contributed by atoms with Crippen molar-refractivity contribution in [2.45, 2.75) is 18.9 Å². The van der Waals surface area contributed by atoms with Gasteiger partial charge in [-0.25, -0.2) is 0 Å². The lowest BCUT2D eigenvalue weighted by Gasteiger charge is -2.41. The zero-order valence-electron chi connectivity index (χ0n) is 13.2. The van der Waals surface area contributed by atoms with Crippen molar-refractivity contribution < 1.29 is 14.4 Å². The molecule has 0 saturated carbocycles. The van der Waals surface area contributed by atoms with E-state index in [4.69, 9.17) is 5.73 Å². The Hall–Kier alpha value is -1.64. The molecule has 1 aromatic heterocycles. The Morgan fingerprint density at radius 3 is 2.79 bits per heavy atom. The molecule has 9 heteroatoms. The molecule has 2 aliphatic heterocycles. The molecule has 2 saturated heterocycles. The van der Waals surface area contributed by atoms with Crippen molar-refractivity contribution in [1.82, 2.24) is 15.1 Å². The van der Waals surface area contributed by atoms with Crippen molar-refractivity contribution in [3.05, 3.63) is 21.9 Å². The van der Waals surface area contributed by atoms with E-state index in [0.29, 0.717) is 36.6 Å². The number of likely N-dealkylation sites (tertiary alicyclic amines) is 1. The quantitative estimate of drug-likeness (QED) is 0.798. The van der Waals surface area contributed by atoms with Gasteiger partial charge in [0.15, 0.2) is 0 Å². The van der Waals surface area contributed by atoms with Crippen molar-refractivity contribution in [2.24, 2.45) is 5.73 Å². The van der Waals surface area contributed by atoms with Gasteiger partial charge in [-0.2, -0.15) is 0 Å². The highest BCUT2D eigenvalue weighted by Gasteiger charge is 2.32. The molecular weight excluding hydrogens is 352 g/mol. The predicted molar refractivity (Wildman–Crippen MR) is 93.6 cm³/mol. The Labute approximate surface area is 150 Å². The first-order valence-corrected chi connectivity index (χ1v) is 8.62. The number of nitrogens with zero attached hydrogens (tertiary/aromatic N) is 2. The van der Waals surface area contributed by atoms with Gasteiger partial charge in [-0.1, -0.05) is 0 Å². The molecule has 0 radical (unpaired) electrons. The van der Waals surface area contributed by atoms with Gasteiger partial charge in [0.25, 0.3) is 5.91 Å². The largest absolute Gasteiger partial charge is 0.366 e. The van der Waals surface area contributed by atoms with Crippen LogP contribution in [0.1, 0.15) is 32.9 Å². The Kier molecular flexibility index (Phi) is 6.20. The smallest absolute Gasteiger partial charge is 0.264 e. The van der Waals surface area contributed by atoms with E-state index in [1.165, 1.54) is 11.3 Å². The van der Waals surface area contributed by atoms with Crippen LogP contribution < -0.4 is 11.1 Å². The second kappa shape index (κ2) is 7.96. The lowest BCUT2D eigenvalue weighted by molar-refractivity contribution is -0.135. The van der Waals surface area contributed by atoms with Gasteiger partial charge in [0.05, 0.1) is 17.0 Å². The predicted octanol–water partition coefficient (Wildman–Crippen LogP) is 0.305. The van der Waals surface area contributed by atoms with Gasteiger partial charge in [-0.3, -0.25) is 14.4 Å². The molecule has 0 aliphatic carbocycles. The number of primary amides is 1. The molecule has 1 atom stereocenters. The number of nitrogens with two attached hydrogens (primary N) is 1. The zero-order chi connectivity index (χ0) is 16.4. The number of piperidine rings is 1. The number of hydrogen-bond acceptors (Lipinski definition) is 5. The highest BCUT2D eigenvalue weighted by molar-refractivity contribution is 7.12. The average Bonchev–Trinajstić information content (AvgIpc) is 3.05. The number of halogens is 1. The number of carbonyl (C=O) groups is 3. The number of piperazine rings is 1. The van der Waals surface area contributed by atoms with E-state index < -0.39 is 5.91 Å². The molecule has 1 unspecified atom stereocenters. The fourth-order valence-corrected chi connectivity index (χ4v) is 4.00. The second-order valence-electron chi connectivity index (χ2n) is 5.88. The summed E-state index contributed by atoms with van der Waals surface area (Å²) in [6, 6.07) is 1.63. The maximum absolute atomic E-state index is 12.6. The number of rotatable bonds is 3. The number of carbonyl (C=O) groups excluding carboxylic acids is 3. The van der Waals surface area contributed by atoms with Crippen molar-refractivity contribution in [3.63, 3.8) is 0 Å². The topological polar surface area (TPSA) is 95.7 Å². The summed E-state index contributed by atoms with van der Waals surface area (Å²) in [6.45, 7) is 3.09. The lowest BCUT2D eigenvalue weighted by atomic mass is 10.0. The van der Waals surface area contributed by atoms with Gasteiger partial charge in [0.2, 0.25) is 11.8 Å². The van der Waals surface area contributed by atoms with Crippen molar-refractivity contribution in [3.8, 4) is 0 Å². The number of amides is 3. The highest BCUT2D eigenvalue weighted by atomic mass is 35.5. The van der Waals surface area contributed by atoms with E-state index in [0.717, 1.165) is 19.4 Å². The molecule has 0 aromatic carbocycles. The molecule has 3 N–H and O–H groups in total. The van der Waals surface area contributed by atoms with Crippen LogP contribution in [0.25, 0.3) is 0 Å². The molecule has 3 heterocycles. The van der Waals surface area contributed by atoms with Crippen molar-refractivity contribution in [2.75, 3.05) is 32.7 Å². The minimum Gasteiger partial charge on any atom is -0.366 e. The van der Waals surface area contributed by atoms with Gasteiger partial charge < -0.3 is 20.9 Å². The minimum atomic E-state index is -0.525. The minimum absolute atomic E-state index is 0. The van der Waals surface area contributed by atoms with Gasteiger partial charge in [-0.15, -0.1) is 23.7 Å². The highest BCUT2D eigenvalue weighted by Crippen LogP contribution is 2.22. The normalized spacial score (nSPS) is 21.3. The molecule has 0 bridgehead atoms. The van der Waals surface area contributed by atoms with Crippen LogP contribution in [-0.2, 0) is 4.79 Å². The molecule has 3 amide bonds. The summed E-state index contributed by atoms with van der Waals surface area (Å²) in [5.41, 5.74) is 5.60. The average molecular weight is 373 g/mol. The summed E-state index contributed by atoms with van der Waals surface area (Å²) in [5, 5.41) is 4.67. The Bertz CT molecular complexity index is 636. The summed E-state index contributed by atoms with van der Waals surface area (Å²) in [4.78, 5) is 40.0. The van der Waals surface area contributed by atoms with E-state index in [1.54, 1.807) is 16.3 Å². The van der Waals surface area contributed by atoms with E-state index in [9.17, 15) is 14.4 Å². The first-order valence-electron chi connectivity index (χ1n) is 7.74. The van der Waals surface area contributed by atoms with Crippen LogP contribution in [0, 0.1) is 0 Å². The molecule has 2 aliphatic rings. The summed E-state index contributed by atoms with van der Waals surface area (Å²) >= 11 is 1.23. The molecule has 3 rings (SSSR count). The van der Waals surface area contributed by atoms with Crippen LogP contribution in [0.5, 0.6) is 0 Å². The van der Waals surface area contributed by atoms with E-state index in [2.05, 4.69) is 5.32 Å². The van der Waals surface area contributed by atoms with Gasteiger partial charge in [0, 0.05) is 37.6 Å². The monoisotopic (exact) mass is 372 g/mol. The van der Waals surface area contributed by atoms with Crippen molar-refractivity contribution in [1.29, 1.82) is 0 Å². The molecular formula is C15H21ClN4O3S. The van der Waals surface area contributed by atoms with Crippen LogP contribution in [0.2, 0.25) is 0 Å². The maximum atomic E-state index is 12.6. The van der Waals surface area contributed by atoms with E-state index in [1.807, 2.05) is 4.90 Å². The molecule has 132 valence electrons. The SMILES string of the molecule is Cl.NC(=O)c1csc(C(=O)N2CCCC(N3CCNCC3=O)C2)c1. The number of hydrogen-bond donors (Lipinski definition) is 2. The molecule has 24 heavy (non-hydrogen) atoms. The third-order valence-corrected chi connectivity index (χ3v) is 5.26. The summed E-state index contributed by atoms with van der Waals surface area (Å²) in [7, 11) is 0. The van der Waals surface area contributed by atoms with Gasteiger partial charge >= 0.3 is 0 Å². The summed E-state index contributed by atoms with van der Waals surface area (Å²) in [6.07, 6.45) is 1.80. The van der Waals surface area contributed by atoms with Crippen molar-refractivity contribution >= 4 is 41.5 Å². The van der Waals surface area contributed by atoms with Crippen LogP contribution in [-0.4, -0.2) is 66.3 Å². The molecule has 7 nitrogen and oxygen atoms in total. The maximum Gasteiger partial charge on any atom is 0.264 e. The third-order valence-electron chi connectivity index (χ3n) is 4.35. The fraction of sp³-hybridized carbons (Fsp3) is 0.533. The Balaban J connectivity index is 0.00000208. The van der Waals surface area contributed by atoms with Gasteiger partial charge in [0.1, 0.15) is 0 Å². The van der Waals surface area contributed by atoms with E-state index in [-0.39, 0.29) is 30.3 Å². The lowest BCUT2D eigenvalue weighted by Crippen LogP contribution is -2.57. The van der Waals surface area contributed by atoms with Crippen LogP contribution in [0.4, 0.5) is 0 Å². The van der Waals surface area contributed by atoms with Crippen LogP contribution in [0.3, 0.4) is 0 Å². The first kappa shape index (κ1) is 18.7. The summed E-state index contributed by atoms with van der Waals surface area (Å²) < 4.78 is 0. The third kappa shape index (κ3) is 3.88. The molecule has 2 fully saturated rings. The van der Waals surface area contributed by atoms with Crippen LogP contribution in [0.15, 0.2) is 11.4 Å².